The fraction of sp³-hybridized carbons (Fsp3) is 0.412. The van der Waals surface area contributed by atoms with Crippen molar-refractivity contribution in [2.24, 2.45) is 11.3 Å². The monoisotopic (exact) mass is 314 g/mol. The summed E-state index contributed by atoms with van der Waals surface area (Å²) in [6.07, 6.45) is 4.15. The summed E-state index contributed by atoms with van der Waals surface area (Å²) in [4.78, 5) is 26.3. The van der Waals surface area contributed by atoms with Crippen molar-refractivity contribution in [2.45, 2.75) is 6.42 Å². The molecule has 1 N–H and O–H groups in total. The highest BCUT2D eigenvalue weighted by atomic mass is 16.5. The molecular formula is C17H18N2O4. The van der Waals surface area contributed by atoms with Crippen molar-refractivity contribution in [3.8, 4) is 0 Å². The first kappa shape index (κ1) is 14.3. The molecule has 23 heavy (non-hydrogen) atoms. The third-order valence-corrected chi connectivity index (χ3v) is 5.17. The van der Waals surface area contributed by atoms with E-state index in [0.717, 1.165) is 5.52 Å². The van der Waals surface area contributed by atoms with Crippen molar-refractivity contribution in [1.82, 2.24) is 9.30 Å². The standard InChI is InChI=1S/C17H18N2O4/c20-15(12-7-14-3-1-2-5-18(14)8-12)19-9-13-10-23-6-4-17(13,11-19)16(21)22/h1-3,5,7-8,13H,4,6,9-11H2,(H,21,22)/t13-,17+/m0/s1. The van der Waals surface area contributed by atoms with E-state index in [9.17, 15) is 14.7 Å². The van der Waals surface area contributed by atoms with Gasteiger partial charge in [-0.1, -0.05) is 6.07 Å². The van der Waals surface area contributed by atoms with Gasteiger partial charge in [0, 0.05) is 43.5 Å². The molecule has 120 valence electrons. The van der Waals surface area contributed by atoms with Crippen LogP contribution >= 0.6 is 0 Å². The molecule has 2 saturated heterocycles. The number of likely N-dealkylation sites (tertiary alicyclic amines) is 1. The van der Waals surface area contributed by atoms with Gasteiger partial charge in [-0.05, 0) is 24.6 Å². The number of carbonyl (C=O) groups is 2. The first-order valence-electron chi connectivity index (χ1n) is 7.77. The van der Waals surface area contributed by atoms with E-state index < -0.39 is 11.4 Å². The maximum absolute atomic E-state index is 12.8. The summed E-state index contributed by atoms with van der Waals surface area (Å²) < 4.78 is 7.33. The Balaban J connectivity index is 1.63. The van der Waals surface area contributed by atoms with Gasteiger partial charge in [-0.2, -0.15) is 0 Å². The van der Waals surface area contributed by atoms with Crippen LogP contribution in [0.4, 0.5) is 0 Å². The summed E-state index contributed by atoms with van der Waals surface area (Å²) in [5, 5.41) is 9.69. The molecule has 1 amide bonds. The van der Waals surface area contributed by atoms with Crippen molar-refractivity contribution >= 4 is 17.4 Å². The Morgan fingerprint density at radius 3 is 2.96 bits per heavy atom. The Labute approximate surface area is 133 Å². The number of pyridine rings is 1. The van der Waals surface area contributed by atoms with Crippen LogP contribution < -0.4 is 0 Å². The number of hydrogen-bond donors (Lipinski definition) is 1. The molecule has 0 aliphatic carbocycles. The minimum atomic E-state index is -0.854. The molecule has 2 aliphatic rings. The van der Waals surface area contributed by atoms with Crippen LogP contribution in [0.2, 0.25) is 0 Å². The van der Waals surface area contributed by atoms with E-state index in [-0.39, 0.29) is 18.4 Å². The Kier molecular flexibility index (Phi) is 3.16. The Bertz CT molecular complexity index is 751. The molecule has 0 spiro atoms. The lowest BCUT2D eigenvalue weighted by atomic mass is 9.74. The lowest BCUT2D eigenvalue weighted by Gasteiger charge is -2.33. The van der Waals surface area contributed by atoms with E-state index in [4.69, 9.17) is 4.74 Å². The minimum absolute atomic E-state index is 0.108. The quantitative estimate of drug-likeness (QED) is 0.912. The fourth-order valence-electron chi connectivity index (χ4n) is 3.81. The second-order valence-corrected chi connectivity index (χ2v) is 6.43. The molecule has 0 bridgehead atoms. The van der Waals surface area contributed by atoms with Crippen molar-refractivity contribution in [2.75, 3.05) is 26.3 Å². The summed E-state index contributed by atoms with van der Waals surface area (Å²) in [5.41, 5.74) is 0.688. The maximum atomic E-state index is 12.8. The molecule has 0 saturated carbocycles. The SMILES string of the molecule is O=C(c1cc2ccccn2c1)N1C[C@H]2COCC[C@@]2(C(=O)O)C1. The van der Waals surface area contributed by atoms with Crippen LogP contribution in [0.3, 0.4) is 0 Å². The van der Waals surface area contributed by atoms with Crippen molar-refractivity contribution in [1.29, 1.82) is 0 Å². The summed E-state index contributed by atoms with van der Waals surface area (Å²) in [6.45, 7) is 1.56. The lowest BCUT2D eigenvalue weighted by Crippen LogP contribution is -2.45. The minimum Gasteiger partial charge on any atom is -0.481 e. The summed E-state index contributed by atoms with van der Waals surface area (Å²) in [6, 6.07) is 7.61. The molecule has 4 rings (SSSR count). The van der Waals surface area contributed by atoms with Crippen molar-refractivity contribution in [3.05, 3.63) is 42.2 Å². The number of nitrogens with zero attached hydrogens (tertiary/aromatic N) is 2. The van der Waals surface area contributed by atoms with Gasteiger partial charge in [-0.25, -0.2) is 0 Å². The largest absolute Gasteiger partial charge is 0.481 e. The van der Waals surface area contributed by atoms with Gasteiger partial charge in [0.1, 0.15) is 0 Å². The first-order chi connectivity index (χ1) is 11.1. The van der Waals surface area contributed by atoms with Gasteiger partial charge in [-0.3, -0.25) is 9.59 Å². The molecule has 2 fully saturated rings. The van der Waals surface area contributed by atoms with Gasteiger partial charge in [0.15, 0.2) is 0 Å². The van der Waals surface area contributed by atoms with E-state index in [2.05, 4.69) is 0 Å². The lowest BCUT2D eigenvalue weighted by molar-refractivity contribution is -0.157. The molecule has 4 heterocycles. The zero-order valence-corrected chi connectivity index (χ0v) is 12.6. The third-order valence-electron chi connectivity index (χ3n) is 5.17. The van der Waals surface area contributed by atoms with Crippen molar-refractivity contribution in [3.63, 3.8) is 0 Å². The van der Waals surface area contributed by atoms with E-state index in [0.29, 0.717) is 31.7 Å². The van der Waals surface area contributed by atoms with Crippen LogP contribution in [0.1, 0.15) is 16.8 Å². The number of carbonyl (C=O) groups excluding carboxylic acids is 1. The molecule has 2 atom stereocenters. The Morgan fingerprint density at radius 1 is 1.35 bits per heavy atom. The molecule has 2 aromatic rings. The normalized spacial score (nSPS) is 27.1. The van der Waals surface area contributed by atoms with Gasteiger partial charge in [-0.15, -0.1) is 0 Å². The topological polar surface area (TPSA) is 71.2 Å². The average Bonchev–Trinajstić information content (AvgIpc) is 3.16. The van der Waals surface area contributed by atoms with Crippen LogP contribution in [0.15, 0.2) is 36.7 Å². The number of carboxylic acids is 1. The highest BCUT2D eigenvalue weighted by Crippen LogP contribution is 2.42. The fourth-order valence-corrected chi connectivity index (χ4v) is 3.81. The molecule has 0 unspecified atom stereocenters. The van der Waals surface area contributed by atoms with E-state index in [1.165, 1.54) is 0 Å². The van der Waals surface area contributed by atoms with Crippen LogP contribution in [-0.4, -0.2) is 52.6 Å². The van der Waals surface area contributed by atoms with Gasteiger partial charge in [0.2, 0.25) is 0 Å². The molecular weight excluding hydrogens is 296 g/mol. The number of carboxylic acid groups (broad SMARTS) is 1. The van der Waals surface area contributed by atoms with Crippen LogP contribution in [-0.2, 0) is 9.53 Å². The molecule has 0 radical (unpaired) electrons. The Morgan fingerprint density at radius 2 is 2.22 bits per heavy atom. The highest BCUT2D eigenvalue weighted by molar-refractivity contribution is 5.96. The first-order valence-corrected chi connectivity index (χ1v) is 7.77. The number of ether oxygens (including phenoxy) is 1. The number of hydrogen-bond acceptors (Lipinski definition) is 3. The van der Waals surface area contributed by atoms with Crippen molar-refractivity contribution < 1.29 is 19.4 Å². The van der Waals surface area contributed by atoms with Crippen LogP contribution in [0, 0.1) is 11.3 Å². The second-order valence-electron chi connectivity index (χ2n) is 6.43. The maximum Gasteiger partial charge on any atom is 0.311 e. The second kappa shape index (κ2) is 5.09. The molecule has 2 aliphatic heterocycles. The summed E-state index contributed by atoms with van der Waals surface area (Å²) in [7, 11) is 0. The number of amides is 1. The molecule has 0 aromatic carbocycles. The zero-order valence-electron chi connectivity index (χ0n) is 12.6. The number of aromatic nitrogens is 1. The zero-order chi connectivity index (χ0) is 16.0. The van der Waals surface area contributed by atoms with Crippen LogP contribution in [0.5, 0.6) is 0 Å². The van der Waals surface area contributed by atoms with Gasteiger partial charge < -0.3 is 19.1 Å². The smallest absolute Gasteiger partial charge is 0.311 e. The van der Waals surface area contributed by atoms with Crippen LogP contribution in [0.25, 0.3) is 5.52 Å². The van der Waals surface area contributed by atoms with E-state index >= 15 is 0 Å². The number of fused-ring (bicyclic) bond motifs is 2. The van der Waals surface area contributed by atoms with Gasteiger partial charge in [0.05, 0.1) is 17.6 Å². The number of aliphatic carboxylic acids is 1. The number of rotatable bonds is 2. The summed E-state index contributed by atoms with van der Waals surface area (Å²) in [5.74, 6) is -1.05. The van der Waals surface area contributed by atoms with Gasteiger partial charge in [0.25, 0.3) is 5.91 Å². The predicted molar refractivity (Wildman–Crippen MR) is 82.3 cm³/mol. The predicted octanol–water partition coefficient (Wildman–Crippen LogP) is 1.50. The third kappa shape index (κ3) is 2.13. The molecule has 6 nitrogen and oxygen atoms in total. The van der Waals surface area contributed by atoms with Gasteiger partial charge >= 0.3 is 5.97 Å². The van der Waals surface area contributed by atoms with E-state index in [1.54, 1.807) is 11.1 Å². The average molecular weight is 314 g/mol. The highest BCUT2D eigenvalue weighted by Gasteiger charge is 2.54. The summed E-state index contributed by atoms with van der Waals surface area (Å²) >= 11 is 0. The van der Waals surface area contributed by atoms with E-state index in [1.807, 2.05) is 34.9 Å². The molecule has 6 heteroatoms. The Hall–Kier alpha value is -2.34. The molecule has 2 aromatic heterocycles.